The Morgan fingerprint density at radius 1 is 1.56 bits per heavy atom. The minimum absolute atomic E-state index is 0.204. The van der Waals surface area contributed by atoms with Crippen LogP contribution in [0.5, 0.6) is 0 Å². The molecule has 0 spiro atoms. The van der Waals surface area contributed by atoms with Gasteiger partial charge in [0, 0.05) is 13.1 Å². The van der Waals surface area contributed by atoms with Gasteiger partial charge in [0.1, 0.15) is 0 Å². The predicted octanol–water partition coefficient (Wildman–Crippen LogP) is 0.0402. The van der Waals surface area contributed by atoms with Crippen molar-refractivity contribution in [1.82, 2.24) is 4.31 Å². The van der Waals surface area contributed by atoms with Gasteiger partial charge in [-0.05, 0) is 13.3 Å². The third-order valence-corrected chi connectivity index (χ3v) is 3.84. The Bertz CT molecular complexity index is 197. The van der Waals surface area contributed by atoms with E-state index >= 15 is 0 Å². The molecule has 0 aliphatic carbocycles. The third-order valence-electron chi connectivity index (χ3n) is 1.85. The van der Waals surface area contributed by atoms with E-state index in [1.54, 1.807) is 7.05 Å². The topological polar surface area (TPSA) is 37.4 Å². The molecule has 1 aliphatic heterocycles. The summed E-state index contributed by atoms with van der Waals surface area (Å²) in [4.78, 5) is 0. The first-order valence-electron chi connectivity index (χ1n) is 3.00. The fourth-order valence-electron chi connectivity index (χ4n) is 0.919. The van der Waals surface area contributed by atoms with Gasteiger partial charge in [-0.25, -0.2) is 12.7 Å². The molecular formula is C5H11NO2S. The zero-order chi connectivity index (χ0) is 7.07. The molecular weight excluding hydrogens is 138 g/mol. The number of rotatable bonds is 0. The summed E-state index contributed by atoms with van der Waals surface area (Å²) in [7, 11) is -1.21. The lowest BCUT2D eigenvalue weighted by Gasteiger charge is -2.11. The van der Waals surface area contributed by atoms with Crippen molar-refractivity contribution < 1.29 is 8.42 Å². The van der Waals surface area contributed by atoms with Gasteiger partial charge < -0.3 is 0 Å². The minimum Gasteiger partial charge on any atom is -0.212 e. The average molecular weight is 149 g/mol. The molecule has 0 aromatic carbocycles. The monoisotopic (exact) mass is 149 g/mol. The maximum absolute atomic E-state index is 10.9. The Hall–Kier alpha value is -0.0900. The van der Waals surface area contributed by atoms with Gasteiger partial charge in [-0.3, -0.25) is 0 Å². The van der Waals surface area contributed by atoms with Crippen LogP contribution in [0.2, 0.25) is 0 Å². The number of sulfonamides is 1. The molecule has 0 aromatic heterocycles. The largest absolute Gasteiger partial charge is 0.214 e. The van der Waals surface area contributed by atoms with E-state index in [1.165, 1.54) is 4.31 Å². The molecule has 0 bridgehead atoms. The fraction of sp³-hybridized carbons (Fsp3) is 1.00. The van der Waals surface area contributed by atoms with Crippen LogP contribution in [0.4, 0.5) is 0 Å². The lowest BCUT2D eigenvalue weighted by atomic mass is 10.3. The number of hydrogen-bond donors (Lipinski definition) is 0. The highest BCUT2D eigenvalue weighted by molar-refractivity contribution is 7.89. The Balaban J connectivity index is 2.87. The third kappa shape index (κ3) is 1.09. The van der Waals surface area contributed by atoms with Crippen LogP contribution in [0.25, 0.3) is 0 Å². The Labute approximate surface area is 55.7 Å². The van der Waals surface area contributed by atoms with E-state index in [-0.39, 0.29) is 6.04 Å². The number of nitrogens with zero attached hydrogens (tertiary/aromatic N) is 1. The van der Waals surface area contributed by atoms with Crippen LogP contribution >= 0.6 is 0 Å². The van der Waals surface area contributed by atoms with Gasteiger partial charge in [0.15, 0.2) is 0 Å². The van der Waals surface area contributed by atoms with E-state index in [0.29, 0.717) is 5.75 Å². The normalized spacial score (nSPS) is 35.1. The molecule has 0 N–H and O–H groups in total. The smallest absolute Gasteiger partial charge is 0.212 e. The highest BCUT2D eigenvalue weighted by atomic mass is 32.2. The zero-order valence-electron chi connectivity index (χ0n) is 5.66. The highest BCUT2D eigenvalue weighted by Crippen LogP contribution is 2.17. The van der Waals surface area contributed by atoms with E-state index < -0.39 is 10.0 Å². The molecule has 1 fully saturated rings. The molecule has 1 saturated heterocycles. The standard InChI is InChI=1S/C5H11NO2S/c1-5-3-4-9(7,8)6(5)2/h5H,3-4H2,1-2H3/t5-/m0/s1. The molecule has 0 saturated carbocycles. The van der Waals surface area contributed by atoms with Gasteiger partial charge in [0.05, 0.1) is 5.75 Å². The van der Waals surface area contributed by atoms with Gasteiger partial charge in [0.2, 0.25) is 10.0 Å². The van der Waals surface area contributed by atoms with Gasteiger partial charge in [-0.2, -0.15) is 0 Å². The summed E-state index contributed by atoms with van der Waals surface area (Å²) < 4.78 is 23.2. The lowest BCUT2D eigenvalue weighted by molar-refractivity contribution is 0.421. The van der Waals surface area contributed by atoms with Crippen molar-refractivity contribution in [3.05, 3.63) is 0 Å². The summed E-state index contributed by atoms with van der Waals surface area (Å²) >= 11 is 0. The van der Waals surface area contributed by atoms with Crippen molar-refractivity contribution in [2.45, 2.75) is 19.4 Å². The molecule has 1 aliphatic rings. The van der Waals surface area contributed by atoms with Crippen LogP contribution in [0.3, 0.4) is 0 Å². The second-order valence-electron chi connectivity index (χ2n) is 2.47. The van der Waals surface area contributed by atoms with Crippen LogP contribution in [0, 0.1) is 0 Å². The van der Waals surface area contributed by atoms with Crippen LogP contribution in [-0.2, 0) is 10.0 Å². The van der Waals surface area contributed by atoms with Crippen LogP contribution in [-0.4, -0.2) is 31.6 Å². The summed E-state index contributed by atoms with van der Waals surface area (Å²) in [6.45, 7) is 1.92. The molecule has 1 atom stereocenters. The van der Waals surface area contributed by atoms with Gasteiger partial charge >= 0.3 is 0 Å². The molecule has 0 unspecified atom stereocenters. The maximum Gasteiger partial charge on any atom is 0.214 e. The van der Waals surface area contributed by atoms with Crippen molar-refractivity contribution in [2.75, 3.05) is 12.8 Å². The molecule has 0 radical (unpaired) electrons. The van der Waals surface area contributed by atoms with Gasteiger partial charge in [0.25, 0.3) is 0 Å². The summed E-state index contributed by atoms with van der Waals surface area (Å²) in [5.41, 5.74) is 0. The zero-order valence-corrected chi connectivity index (χ0v) is 6.48. The fourth-order valence-corrected chi connectivity index (χ4v) is 2.50. The van der Waals surface area contributed by atoms with Crippen molar-refractivity contribution in [3.63, 3.8) is 0 Å². The molecule has 9 heavy (non-hydrogen) atoms. The predicted molar refractivity (Wildman–Crippen MR) is 35.6 cm³/mol. The minimum atomic E-state index is -2.84. The van der Waals surface area contributed by atoms with Crippen molar-refractivity contribution in [3.8, 4) is 0 Å². The van der Waals surface area contributed by atoms with E-state index in [0.717, 1.165) is 6.42 Å². The summed E-state index contributed by atoms with van der Waals surface area (Å²) in [6.07, 6.45) is 0.777. The van der Waals surface area contributed by atoms with E-state index in [4.69, 9.17) is 0 Å². The number of hydrogen-bond acceptors (Lipinski definition) is 2. The quantitative estimate of drug-likeness (QED) is 0.487. The van der Waals surface area contributed by atoms with E-state index in [2.05, 4.69) is 0 Å². The maximum atomic E-state index is 10.9. The SMILES string of the molecule is C[C@H]1CCS(=O)(=O)N1C. The first-order valence-corrected chi connectivity index (χ1v) is 4.60. The average Bonchev–Trinajstić information content (AvgIpc) is 1.97. The second-order valence-corrected chi connectivity index (χ2v) is 4.62. The van der Waals surface area contributed by atoms with E-state index in [9.17, 15) is 8.42 Å². The first-order chi connectivity index (χ1) is 4.04. The summed E-state index contributed by atoms with van der Waals surface area (Å²) in [5, 5.41) is 0. The highest BCUT2D eigenvalue weighted by Gasteiger charge is 2.30. The Morgan fingerprint density at radius 2 is 2.11 bits per heavy atom. The molecule has 4 heteroatoms. The van der Waals surface area contributed by atoms with Crippen LogP contribution in [0.15, 0.2) is 0 Å². The van der Waals surface area contributed by atoms with Crippen molar-refractivity contribution >= 4 is 10.0 Å². The Kier molecular flexibility index (Phi) is 1.52. The molecule has 1 heterocycles. The van der Waals surface area contributed by atoms with Gasteiger partial charge in [-0.15, -0.1) is 0 Å². The van der Waals surface area contributed by atoms with Crippen molar-refractivity contribution in [1.29, 1.82) is 0 Å². The van der Waals surface area contributed by atoms with Gasteiger partial charge in [-0.1, -0.05) is 0 Å². The molecule has 0 aromatic rings. The summed E-state index contributed by atoms with van der Waals surface area (Å²) in [6, 6.07) is 0.204. The van der Waals surface area contributed by atoms with Crippen LogP contribution < -0.4 is 0 Å². The Morgan fingerprint density at radius 3 is 2.22 bits per heavy atom. The van der Waals surface area contributed by atoms with Crippen molar-refractivity contribution in [2.24, 2.45) is 0 Å². The molecule has 0 amide bonds. The summed E-state index contributed by atoms with van der Waals surface area (Å²) in [5.74, 6) is 0.324. The van der Waals surface area contributed by atoms with E-state index in [1.807, 2.05) is 6.92 Å². The molecule has 3 nitrogen and oxygen atoms in total. The molecule has 54 valence electrons. The first kappa shape index (κ1) is 7.02. The second kappa shape index (κ2) is 1.95. The lowest BCUT2D eigenvalue weighted by Crippen LogP contribution is -2.26. The van der Waals surface area contributed by atoms with Crippen LogP contribution in [0.1, 0.15) is 13.3 Å². The molecule has 1 rings (SSSR count).